The van der Waals surface area contributed by atoms with Crippen LogP contribution in [0.2, 0.25) is 5.02 Å². The molecule has 0 amide bonds. The van der Waals surface area contributed by atoms with E-state index in [1.54, 1.807) is 0 Å². The van der Waals surface area contributed by atoms with Crippen LogP contribution in [0.3, 0.4) is 0 Å². The smallest absolute Gasteiger partial charge is 0.0703 e. The first-order valence-electron chi connectivity index (χ1n) is 4.55. The van der Waals surface area contributed by atoms with Gasteiger partial charge in [-0.25, -0.2) is 0 Å². The molecular weight excluding hydrogens is 343 g/mol. The molecule has 1 unspecified atom stereocenters. The van der Waals surface area contributed by atoms with Crippen molar-refractivity contribution in [3.63, 3.8) is 0 Å². The summed E-state index contributed by atoms with van der Waals surface area (Å²) in [5, 5.41) is 0.752. The standard InChI is InChI=1S/C11H9Br2ClO/c12-10-6-15-5-9(10)11(13)7-1-3-8(14)4-2-7/h1-4,10H,5-6H2. The molecule has 0 bridgehead atoms. The normalized spacial score (nSPS) is 24.3. The molecule has 0 saturated carbocycles. The van der Waals surface area contributed by atoms with Crippen LogP contribution < -0.4 is 0 Å². The Morgan fingerprint density at radius 3 is 2.53 bits per heavy atom. The number of alkyl halides is 1. The van der Waals surface area contributed by atoms with Crippen molar-refractivity contribution < 1.29 is 4.74 Å². The summed E-state index contributed by atoms with van der Waals surface area (Å²) in [4.78, 5) is 0.308. The van der Waals surface area contributed by atoms with E-state index < -0.39 is 0 Å². The van der Waals surface area contributed by atoms with Gasteiger partial charge in [0, 0.05) is 9.51 Å². The number of hydrogen-bond donors (Lipinski definition) is 0. The highest BCUT2D eigenvalue weighted by molar-refractivity contribution is 9.15. The summed E-state index contributed by atoms with van der Waals surface area (Å²) in [6, 6.07) is 7.77. The Morgan fingerprint density at radius 2 is 2.00 bits per heavy atom. The van der Waals surface area contributed by atoms with E-state index in [2.05, 4.69) is 31.9 Å². The van der Waals surface area contributed by atoms with E-state index in [0.717, 1.165) is 21.7 Å². The topological polar surface area (TPSA) is 9.23 Å². The van der Waals surface area contributed by atoms with Gasteiger partial charge in [0.2, 0.25) is 0 Å². The number of ether oxygens (including phenoxy) is 1. The molecule has 1 nitrogen and oxygen atoms in total. The van der Waals surface area contributed by atoms with Crippen molar-refractivity contribution in [1.29, 1.82) is 0 Å². The monoisotopic (exact) mass is 350 g/mol. The molecule has 1 saturated heterocycles. The molecule has 0 aliphatic carbocycles. The summed E-state index contributed by atoms with van der Waals surface area (Å²) in [5.41, 5.74) is 2.38. The molecular formula is C11H9Br2ClO. The van der Waals surface area contributed by atoms with Crippen LogP contribution in [0.4, 0.5) is 0 Å². The average Bonchev–Trinajstić information content (AvgIpc) is 2.65. The second kappa shape index (κ2) is 5.00. The molecule has 80 valence electrons. The highest BCUT2D eigenvalue weighted by Gasteiger charge is 2.22. The first kappa shape index (κ1) is 11.6. The Hall–Kier alpha value is 0.170. The van der Waals surface area contributed by atoms with Crippen molar-refractivity contribution in [1.82, 2.24) is 0 Å². The zero-order valence-corrected chi connectivity index (χ0v) is 11.8. The zero-order chi connectivity index (χ0) is 10.8. The summed E-state index contributed by atoms with van der Waals surface area (Å²) in [6.45, 7) is 1.41. The molecule has 1 fully saturated rings. The lowest BCUT2D eigenvalue weighted by atomic mass is 10.1. The van der Waals surface area contributed by atoms with E-state index in [9.17, 15) is 0 Å². The van der Waals surface area contributed by atoms with Gasteiger partial charge in [-0.05, 0) is 23.3 Å². The van der Waals surface area contributed by atoms with E-state index in [0.29, 0.717) is 11.4 Å². The van der Waals surface area contributed by atoms with E-state index in [4.69, 9.17) is 16.3 Å². The molecule has 0 radical (unpaired) electrons. The molecule has 4 heteroatoms. The van der Waals surface area contributed by atoms with Gasteiger partial charge in [-0.3, -0.25) is 0 Å². The van der Waals surface area contributed by atoms with E-state index in [1.807, 2.05) is 24.3 Å². The fourth-order valence-electron chi connectivity index (χ4n) is 1.45. The first-order chi connectivity index (χ1) is 7.18. The Balaban J connectivity index is 2.34. The number of benzene rings is 1. The molecule has 1 aliphatic heterocycles. The maximum Gasteiger partial charge on any atom is 0.0703 e. The van der Waals surface area contributed by atoms with E-state index >= 15 is 0 Å². The third kappa shape index (κ3) is 2.64. The lowest BCUT2D eigenvalue weighted by Crippen LogP contribution is -1.99. The third-order valence-electron chi connectivity index (χ3n) is 2.28. The van der Waals surface area contributed by atoms with Gasteiger partial charge in [0.15, 0.2) is 0 Å². The first-order valence-corrected chi connectivity index (χ1v) is 6.63. The summed E-state index contributed by atoms with van der Waals surface area (Å²) in [5.74, 6) is 0. The minimum Gasteiger partial charge on any atom is -0.376 e. The van der Waals surface area contributed by atoms with Crippen molar-refractivity contribution in [3.8, 4) is 0 Å². The van der Waals surface area contributed by atoms with Gasteiger partial charge in [-0.1, -0.05) is 55.6 Å². The maximum absolute atomic E-state index is 5.84. The van der Waals surface area contributed by atoms with Gasteiger partial charge in [0.25, 0.3) is 0 Å². The van der Waals surface area contributed by atoms with Gasteiger partial charge < -0.3 is 4.74 Å². The summed E-state index contributed by atoms with van der Waals surface area (Å²) in [7, 11) is 0. The van der Waals surface area contributed by atoms with Crippen molar-refractivity contribution in [3.05, 3.63) is 40.4 Å². The molecule has 1 atom stereocenters. The zero-order valence-electron chi connectivity index (χ0n) is 7.84. The van der Waals surface area contributed by atoms with Crippen molar-refractivity contribution in [2.45, 2.75) is 4.83 Å². The largest absolute Gasteiger partial charge is 0.376 e. The maximum atomic E-state index is 5.84. The fourth-order valence-corrected chi connectivity index (χ4v) is 3.08. The number of hydrogen-bond acceptors (Lipinski definition) is 1. The highest BCUT2D eigenvalue weighted by atomic mass is 79.9. The second-order valence-electron chi connectivity index (χ2n) is 3.33. The van der Waals surface area contributed by atoms with Crippen LogP contribution >= 0.6 is 43.5 Å². The molecule has 2 rings (SSSR count). The van der Waals surface area contributed by atoms with Gasteiger partial charge >= 0.3 is 0 Å². The molecule has 15 heavy (non-hydrogen) atoms. The molecule has 1 aliphatic rings. The Morgan fingerprint density at radius 1 is 1.33 bits per heavy atom. The Kier molecular flexibility index (Phi) is 3.88. The SMILES string of the molecule is Clc1ccc(C(Br)=C2COCC2Br)cc1. The van der Waals surface area contributed by atoms with Crippen LogP contribution in [-0.2, 0) is 4.74 Å². The summed E-state index contributed by atoms with van der Waals surface area (Å²) < 4.78 is 6.47. The summed E-state index contributed by atoms with van der Waals surface area (Å²) >= 11 is 13.0. The molecule has 0 N–H and O–H groups in total. The van der Waals surface area contributed by atoms with Crippen LogP contribution in [0.1, 0.15) is 5.56 Å². The molecule has 0 aromatic heterocycles. The van der Waals surface area contributed by atoms with Crippen molar-refractivity contribution in [2.75, 3.05) is 13.2 Å². The van der Waals surface area contributed by atoms with Crippen LogP contribution in [0.15, 0.2) is 29.8 Å². The minimum absolute atomic E-state index is 0.308. The van der Waals surface area contributed by atoms with Crippen LogP contribution in [-0.4, -0.2) is 18.0 Å². The molecule has 0 spiro atoms. The second-order valence-corrected chi connectivity index (χ2v) is 5.66. The predicted molar refractivity (Wildman–Crippen MR) is 70.8 cm³/mol. The fraction of sp³-hybridized carbons (Fsp3) is 0.273. The van der Waals surface area contributed by atoms with Crippen LogP contribution in [0.25, 0.3) is 4.48 Å². The minimum atomic E-state index is 0.308. The highest BCUT2D eigenvalue weighted by Crippen LogP contribution is 2.33. The van der Waals surface area contributed by atoms with Gasteiger partial charge in [0.1, 0.15) is 0 Å². The Labute approximate surface area is 111 Å². The van der Waals surface area contributed by atoms with E-state index in [1.165, 1.54) is 5.57 Å². The van der Waals surface area contributed by atoms with Gasteiger partial charge in [0.05, 0.1) is 18.0 Å². The van der Waals surface area contributed by atoms with Crippen LogP contribution in [0, 0.1) is 0 Å². The van der Waals surface area contributed by atoms with Crippen LogP contribution in [0.5, 0.6) is 0 Å². The number of rotatable bonds is 1. The van der Waals surface area contributed by atoms with Crippen molar-refractivity contribution >= 4 is 47.9 Å². The average molecular weight is 352 g/mol. The quantitative estimate of drug-likeness (QED) is 0.687. The van der Waals surface area contributed by atoms with Crippen molar-refractivity contribution in [2.24, 2.45) is 0 Å². The van der Waals surface area contributed by atoms with Gasteiger partial charge in [-0.2, -0.15) is 0 Å². The van der Waals surface area contributed by atoms with E-state index in [-0.39, 0.29) is 0 Å². The third-order valence-corrected chi connectivity index (χ3v) is 4.32. The molecule has 1 aromatic carbocycles. The lowest BCUT2D eigenvalue weighted by Gasteiger charge is -2.06. The molecule has 1 aromatic rings. The lowest BCUT2D eigenvalue weighted by molar-refractivity contribution is 0.207. The molecule has 1 heterocycles. The number of halogens is 3. The van der Waals surface area contributed by atoms with Gasteiger partial charge in [-0.15, -0.1) is 0 Å². The predicted octanol–water partition coefficient (Wildman–Crippen LogP) is 4.24. The Bertz CT molecular complexity index is 386. The summed E-state index contributed by atoms with van der Waals surface area (Å²) in [6.07, 6.45) is 0.